The number of para-hydroxylation sites is 1. The van der Waals surface area contributed by atoms with Crippen molar-refractivity contribution in [2.45, 2.75) is 6.92 Å². The molecule has 112 valence electrons. The fourth-order valence-electron chi connectivity index (χ4n) is 2.34. The number of rotatable bonds is 4. The van der Waals surface area contributed by atoms with Gasteiger partial charge >= 0.3 is 0 Å². The molecule has 22 heavy (non-hydrogen) atoms. The molecule has 0 saturated heterocycles. The van der Waals surface area contributed by atoms with Crippen molar-refractivity contribution in [3.05, 3.63) is 48.5 Å². The molecule has 0 N–H and O–H groups in total. The molecule has 0 aliphatic heterocycles. The molecule has 6 heteroatoms. The summed E-state index contributed by atoms with van der Waals surface area (Å²) < 4.78 is 12.7. The van der Waals surface area contributed by atoms with Crippen molar-refractivity contribution in [2.75, 3.05) is 14.2 Å². The topological polar surface area (TPSA) is 62.1 Å². The standard InChI is InChI=1S/C16H16N4O2/c1-11-7-12(9-17-8-11)16-19-18-10-20(16)15-13(21-2)5-4-6-14(15)22-3/h4-10H,1-3H3. The van der Waals surface area contributed by atoms with Gasteiger partial charge in [0.1, 0.15) is 23.5 Å². The van der Waals surface area contributed by atoms with Crippen LogP contribution in [0, 0.1) is 6.92 Å². The van der Waals surface area contributed by atoms with E-state index in [2.05, 4.69) is 15.2 Å². The Morgan fingerprint density at radius 1 is 1.05 bits per heavy atom. The summed E-state index contributed by atoms with van der Waals surface area (Å²) in [7, 11) is 3.24. The number of methoxy groups -OCH3 is 2. The van der Waals surface area contributed by atoms with Crippen LogP contribution in [0.1, 0.15) is 5.56 Å². The molecule has 0 atom stereocenters. The van der Waals surface area contributed by atoms with Gasteiger partial charge in [-0.2, -0.15) is 0 Å². The Balaban J connectivity index is 2.22. The molecule has 0 unspecified atom stereocenters. The summed E-state index contributed by atoms with van der Waals surface area (Å²) in [6, 6.07) is 7.63. The first-order chi connectivity index (χ1) is 10.7. The summed E-state index contributed by atoms with van der Waals surface area (Å²) in [5.74, 6) is 2.04. The molecular formula is C16H16N4O2. The van der Waals surface area contributed by atoms with Gasteiger partial charge in [-0.25, -0.2) is 0 Å². The van der Waals surface area contributed by atoms with Crippen LogP contribution in [0.3, 0.4) is 0 Å². The molecule has 3 aromatic rings. The summed E-state index contributed by atoms with van der Waals surface area (Å²) in [6.45, 7) is 1.99. The number of ether oxygens (including phenoxy) is 2. The molecule has 0 amide bonds. The van der Waals surface area contributed by atoms with Crippen LogP contribution in [-0.4, -0.2) is 34.0 Å². The SMILES string of the molecule is COc1cccc(OC)c1-n1cnnc1-c1cncc(C)c1. The average Bonchev–Trinajstić information content (AvgIpc) is 3.03. The van der Waals surface area contributed by atoms with Gasteiger partial charge in [0.05, 0.1) is 14.2 Å². The van der Waals surface area contributed by atoms with E-state index in [0.717, 1.165) is 16.8 Å². The van der Waals surface area contributed by atoms with Gasteiger partial charge in [0, 0.05) is 18.0 Å². The summed E-state index contributed by atoms with van der Waals surface area (Å²) in [6.07, 6.45) is 5.20. The smallest absolute Gasteiger partial charge is 0.170 e. The van der Waals surface area contributed by atoms with Crippen LogP contribution in [0.5, 0.6) is 11.5 Å². The zero-order valence-electron chi connectivity index (χ0n) is 12.6. The second-order valence-electron chi connectivity index (χ2n) is 4.79. The molecule has 2 heterocycles. The highest BCUT2D eigenvalue weighted by atomic mass is 16.5. The van der Waals surface area contributed by atoms with E-state index in [9.17, 15) is 0 Å². The first-order valence-corrected chi connectivity index (χ1v) is 6.78. The molecular weight excluding hydrogens is 280 g/mol. The van der Waals surface area contributed by atoms with Crippen molar-refractivity contribution >= 4 is 0 Å². The van der Waals surface area contributed by atoms with E-state index in [-0.39, 0.29) is 0 Å². The van der Waals surface area contributed by atoms with Crippen molar-refractivity contribution in [3.63, 3.8) is 0 Å². The molecule has 0 radical (unpaired) electrons. The second kappa shape index (κ2) is 5.85. The number of hydrogen-bond acceptors (Lipinski definition) is 5. The van der Waals surface area contributed by atoms with Crippen LogP contribution in [0.15, 0.2) is 43.0 Å². The lowest BCUT2D eigenvalue weighted by Crippen LogP contribution is -2.02. The Labute approximate surface area is 128 Å². The molecule has 1 aromatic carbocycles. The number of nitrogens with zero attached hydrogens (tertiary/aromatic N) is 4. The Morgan fingerprint density at radius 2 is 1.77 bits per heavy atom. The third-order valence-corrected chi connectivity index (χ3v) is 3.32. The highest BCUT2D eigenvalue weighted by molar-refractivity contribution is 5.64. The lowest BCUT2D eigenvalue weighted by atomic mass is 10.2. The van der Waals surface area contributed by atoms with Gasteiger partial charge in [-0.3, -0.25) is 9.55 Å². The van der Waals surface area contributed by atoms with Crippen molar-refractivity contribution < 1.29 is 9.47 Å². The van der Waals surface area contributed by atoms with E-state index in [1.165, 1.54) is 0 Å². The minimum absolute atomic E-state index is 0.680. The highest BCUT2D eigenvalue weighted by Crippen LogP contribution is 2.34. The van der Waals surface area contributed by atoms with Gasteiger partial charge in [0.15, 0.2) is 5.82 Å². The molecule has 0 bridgehead atoms. The quantitative estimate of drug-likeness (QED) is 0.740. The maximum Gasteiger partial charge on any atom is 0.170 e. The predicted octanol–water partition coefficient (Wildman–Crippen LogP) is 2.65. The summed E-state index contributed by atoms with van der Waals surface area (Å²) in [5.41, 5.74) is 2.69. The van der Waals surface area contributed by atoms with Crippen LogP contribution in [-0.2, 0) is 0 Å². The Kier molecular flexibility index (Phi) is 3.74. The maximum absolute atomic E-state index is 5.45. The van der Waals surface area contributed by atoms with Gasteiger partial charge in [0.2, 0.25) is 0 Å². The lowest BCUT2D eigenvalue weighted by Gasteiger charge is -2.15. The molecule has 0 aliphatic rings. The van der Waals surface area contributed by atoms with E-state index in [1.54, 1.807) is 32.9 Å². The number of hydrogen-bond donors (Lipinski definition) is 0. The van der Waals surface area contributed by atoms with Crippen molar-refractivity contribution in [1.29, 1.82) is 0 Å². The minimum Gasteiger partial charge on any atom is -0.494 e. The van der Waals surface area contributed by atoms with Gasteiger partial charge in [0.25, 0.3) is 0 Å². The summed E-state index contributed by atoms with van der Waals surface area (Å²) >= 11 is 0. The van der Waals surface area contributed by atoms with Gasteiger partial charge < -0.3 is 9.47 Å². The Morgan fingerprint density at radius 3 is 2.41 bits per heavy atom. The van der Waals surface area contributed by atoms with Gasteiger partial charge in [-0.05, 0) is 30.7 Å². The fraction of sp³-hybridized carbons (Fsp3) is 0.188. The van der Waals surface area contributed by atoms with Crippen LogP contribution < -0.4 is 9.47 Å². The third kappa shape index (κ3) is 2.39. The Bertz CT molecular complexity index is 776. The maximum atomic E-state index is 5.45. The predicted molar refractivity (Wildman–Crippen MR) is 82.4 cm³/mol. The zero-order valence-corrected chi connectivity index (χ0v) is 12.6. The van der Waals surface area contributed by atoms with Crippen LogP contribution >= 0.6 is 0 Å². The van der Waals surface area contributed by atoms with E-state index < -0.39 is 0 Å². The van der Waals surface area contributed by atoms with Crippen LogP contribution in [0.4, 0.5) is 0 Å². The lowest BCUT2D eigenvalue weighted by molar-refractivity contribution is 0.391. The number of aromatic nitrogens is 4. The zero-order chi connectivity index (χ0) is 15.5. The molecule has 3 rings (SSSR count). The number of pyridine rings is 1. The normalized spacial score (nSPS) is 10.5. The van der Waals surface area contributed by atoms with Crippen molar-refractivity contribution in [1.82, 2.24) is 19.7 Å². The first kappa shape index (κ1) is 14.1. The molecule has 0 fully saturated rings. The Hall–Kier alpha value is -2.89. The van der Waals surface area contributed by atoms with Crippen LogP contribution in [0.25, 0.3) is 17.1 Å². The monoisotopic (exact) mass is 296 g/mol. The molecule has 6 nitrogen and oxygen atoms in total. The van der Waals surface area contributed by atoms with Crippen molar-refractivity contribution in [2.24, 2.45) is 0 Å². The van der Waals surface area contributed by atoms with E-state index >= 15 is 0 Å². The summed E-state index contributed by atoms with van der Waals surface area (Å²) in [4.78, 5) is 4.22. The average molecular weight is 296 g/mol. The molecule has 0 spiro atoms. The third-order valence-electron chi connectivity index (χ3n) is 3.32. The number of benzene rings is 1. The minimum atomic E-state index is 0.680. The highest BCUT2D eigenvalue weighted by Gasteiger charge is 2.17. The van der Waals surface area contributed by atoms with E-state index in [0.29, 0.717) is 17.3 Å². The molecule has 0 aliphatic carbocycles. The van der Waals surface area contributed by atoms with E-state index in [1.807, 2.05) is 35.8 Å². The van der Waals surface area contributed by atoms with E-state index in [4.69, 9.17) is 9.47 Å². The molecule has 2 aromatic heterocycles. The van der Waals surface area contributed by atoms with Crippen LogP contribution in [0.2, 0.25) is 0 Å². The fourth-order valence-corrected chi connectivity index (χ4v) is 2.34. The molecule has 0 saturated carbocycles. The largest absolute Gasteiger partial charge is 0.494 e. The van der Waals surface area contributed by atoms with Gasteiger partial charge in [-0.15, -0.1) is 10.2 Å². The first-order valence-electron chi connectivity index (χ1n) is 6.78. The second-order valence-corrected chi connectivity index (χ2v) is 4.79. The summed E-state index contributed by atoms with van der Waals surface area (Å²) in [5, 5.41) is 8.25. The number of aryl methyl sites for hydroxylation is 1. The van der Waals surface area contributed by atoms with Gasteiger partial charge in [-0.1, -0.05) is 6.07 Å². The van der Waals surface area contributed by atoms with Crippen molar-refractivity contribution in [3.8, 4) is 28.6 Å².